The number of carboxylic acid groups (broad SMARTS) is 1. The van der Waals surface area contributed by atoms with Crippen molar-refractivity contribution in [3.05, 3.63) is 61.0 Å². The minimum absolute atomic E-state index is 0.176. The summed E-state index contributed by atoms with van der Waals surface area (Å²) < 4.78 is 7.02. The van der Waals surface area contributed by atoms with E-state index < -0.39 is 16.6 Å². The smallest absolute Gasteiger partial charge is 0.342 e. The summed E-state index contributed by atoms with van der Waals surface area (Å²) in [5.74, 6) is -0.733. The van der Waals surface area contributed by atoms with Gasteiger partial charge >= 0.3 is 5.97 Å². The van der Waals surface area contributed by atoms with Crippen LogP contribution in [0.15, 0.2) is 45.3 Å². The molecule has 108 valence electrons. The molecule has 0 radical (unpaired) electrons. The van der Waals surface area contributed by atoms with Crippen molar-refractivity contribution in [2.45, 2.75) is 0 Å². The molecular formula is C13H7Br2NO5. The molecular weight excluding hydrogens is 410 g/mol. The van der Waals surface area contributed by atoms with Crippen LogP contribution in [0.2, 0.25) is 0 Å². The summed E-state index contributed by atoms with van der Waals surface area (Å²) >= 11 is 6.60. The SMILES string of the molecule is O=C(O)c1ccc(Oc2ccc(Br)cc2Br)cc1[N+](=O)[O-]. The van der Waals surface area contributed by atoms with Crippen LogP contribution in [0.4, 0.5) is 5.69 Å². The normalized spacial score (nSPS) is 10.2. The Balaban J connectivity index is 2.39. The summed E-state index contributed by atoms with van der Waals surface area (Å²) in [6, 6.07) is 8.77. The largest absolute Gasteiger partial charge is 0.477 e. The van der Waals surface area contributed by atoms with Crippen LogP contribution in [0.1, 0.15) is 10.4 Å². The van der Waals surface area contributed by atoms with Crippen molar-refractivity contribution >= 4 is 43.5 Å². The number of hydrogen-bond acceptors (Lipinski definition) is 4. The number of carboxylic acids is 1. The van der Waals surface area contributed by atoms with Crippen molar-refractivity contribution < 1.29 is 19.6 Å². The van der Waals surface area contributed by atoms with E-state index in [2.05, 4.69) is 31.9 Å². The highest BCUT2D eigenvalue weighted by Crippen LogP contribution is 2.34. The van der Waals surface area contributed by atoms with Crippen molar-refractivity contribution in [3.63, 3.8) is 0 Å². The molecule has 2 aromatic rings. The number of nitro groups is 1. The fourth-order valence-corrected chi connectivity index (χ4v) is 2.72. The van der Waals surface area contributed by atoms with Gasteiger partial charge in [-0.05, 0) is 46.3 Å². The first-order valence-electron chi connectivity index (χ1n) is 5.53. The standard InChI is InChI=1S/C13H7Br2NO5/c14-7-1-4-12(10(15)5-7)21-8-2-3-9(13(17)18)11(6-8)16(19)20/h1-6H,(H,17,18). The van der Waals surface area contributed by atoms with Gasteiger partial charge in [0.15, 0.2) is 0 Å². The summed E-state index contributed by atoms with van der Waals surface area (Å²) in [5.41, 5.74) is -0.907. The Bertz CT molecular complexity index is 732. The second kappa shape index (κ2) is 6.23. The predicted octanol–water partition coefficient (Wildman–Crippen LogP) is 4.61. The quantitative estimate of drug-likeness (QED) is 0.580. The number of hydrogen-bond donors (Lipinski definition) is 1. The Kier molecular flexibility index (Phi) is 4.59. The van der Waals surface area contributed by atoms with Gasteiger partial charge in [-0.15, -0.1) is 0 Å². The second-order valence-corrected chi connectivity index (χ2v) is 5.69. The van der Waals surface area contributed by atoms with Crippen LogP contribution in [-0.2, 0) is 0 Å². The number of halogens is 2. The molecule has 0 atom stereocenters. The Morgan fingerprint density at radius 2 is 1.90 bits per heavy atom. The minimum Gasteiger partial charge on any atom is -0.477 e. The molecule has 0 heterocycles. The Morgan fingerprint density at radius 3 is 2.48 bits per heavy atom. The molecule has 6 nitrogen and oxygen atoms in total. The molecule has 0 spiro atoms. The lowest BCUT2D eigenvalue weighted by molar-refractivity contribution is -0.385. The molecule has 2 aromatic carbocycles. The van der Waals surface area contributed by atoms with E-state index in [-0.39, 0.29) is 11.3 Å². The van der Waals surface area contributed by atoms with Crippen molar-refractivity contribution in [2.24, 2.45) is 0 Å². The lowest BCUT2D eigenvalue weighted by Crippen LogP contribution is -2.02. The van der Waals surface area contributed by atoms with Crippen LogP contribution in [0.5, 0.6) is 11.5 Å². The average molecular weight is 417 g/mol. The monoisotopic (exact) mass is 415 g/mol. The summed E-state index contributed by atoms with van der Waals surface area (Å²) in [6.45, 7) is 0. The van der Waals surface area contributed by atoms with E-state index in [4.69, 9.17) is 9.84 Å². The number of rotatable bonds is 4. The fraction of sp³-hybridized carbons (Fsp3) is 0. The maximum Gasteiger partial charge on any atom is 0.342 e. The third kappa shape index (κ3) is 3.59. The highest BCUT2D eigenvalue weighted by atomic mass is 79.9. The average Bonchev–Trinajstić information content (AvgIpc) is 2.41. The van der Waals surface area contributed by atoms with Gasteiger partial charge in [-0.3, -0.25) is 10.1 Å². The minimum atomic E-state index is -1.36. The van der Waals surface area contributed by atoms with E-state index in [0.717, 1.165) is 16.6 Å². The Labute approximate surface area is 135 Å². The molecule has 21 heavy (non-hydrogen) atoms. The summed E-state index contributed by atoms with van der Waals surface area (Å²) in [4.78, 5) is 21.1. The lowest BCUT2D eigenvalue weighted by atomic mass is 10.1. The third-order valence-electron chi connectivity index (χ3n) is 2.52. The molecule has 8 heteroatoms. The van der Waals surface area contributed by atoms with Gasteiger partial charge in [-0.1, -0.05) is 15.9 Å². The lowest BCUT2D eigenvalue weighted by Gasteiger charge is -2.08. The van der Waals surface area contributed by atoms with E-state index in [9.17, 15) is 14.9 Å². The van der Waals surface area contributed by atoms with Crippen molar-refractivity contribution in [2.75, 3.05) is 0 Å². The molecule has 0 aliphatic rings. The fourth-order valence-electron chi connectivity index (χ4n) is 1.59. The first-order chi connectivity index (χ1) is 9.88. The van der Waals surface area contributed by atoms with Crippen LogP contribution >= 0.6 is 31.9 Å². The molecule has 0 bridgehead atoms. The molecule has 0 aliphatic carbocycles. The summed E-state index contributed by atoms with van der Waals surface area (Å²) in [6.07, 6.45) is 0. The topological polar surface area (TPSA) is 89.7 Å². The van der Waals surface area contributed by atoms with E-state index in [1.165, 1.54) is 6.07 Å². The number of ether oxygens (including phenoxy) is 1. The van der Waals surface area contributed by atoms with Crippen LogP contribution in [0.25, 0.3) is 0 Å². The molecule has 0 aromatic heterocycles. The predicted molar refractivity (Wildman–Crippen MR) is 82.0 cm³/mol. The van der Waals surface area contributed by atoms with Crippen molar-refractivity contribution in [1.29, 1.82) is 0 Å². The first-order valence-corrected chi connectivity index (χ1v) is 7.11. The van der Waals surface area contributed by atoms with Crippen LogP contribution < -0.4 is 4.74 Å². The second-order valence-electron chi connectivity index (χ2n) is 3.92. The Hall–Kier alpha value is -1.93. The Morgan fingerprint density at radius 1 is 1.19 bits per heavy atom. The molecule has 2 rings (SSSR count). The highest BCUT2D eigenvalue weighted by molar-refractivity contribution is 9.11. The molecule has 0 amide bonds. The maximum absolute atomic E-state index is 10.9. The van der Waals surface area contributed by atoms with Gasteiger partial charge < -0.3 is 9.84 Å². The van der Waals surface area contributed by atoms with Gasteiger partial charge in [0.05, 0.1) is 15.5 Å². The zero-order valence-electron chi connectivity index (χ0n) is 10.2. The van der Waals surface area contributed by atoms with Gasteiger partial charge in [-0.25, -0.2) is 4.79 Å². The first kappa shape index (κ1) is 15.5. The zero-order valence-corrected chi connectivity index (χ0v) is 13.4. The third-order valence-corrected chi connectivity index (χ3v) is 3.63. The van der Waals surface area contributed by atoms with E-state index >= 15 is 0 Å². The van der Waals surface area contributed by atoms with E-state index in [0.29, 0.717) is 10.2 Å². The van der Waals surface area contributed by atoms with Crippen LogP contribution in [0, 0.1) is 10.1 Å². The van der Waals surface area contributed by atoms with Gasteiger partial charge in [0.25, 0.3) is 5.69 Å². The van der Waals surface area contributed by atoms with Gasteiger partial charge in [0.1, 0.15) is 17.1 Å². The van der Waals surface area contributed by atoms with Crippen LogP contribution in [-0.4, -0.2) is 16.0 Å². The highest BCUT2D eigenvalue weighted by Gasteiger charge is 2.21. The molecule has 0 unspecified atom stereocenters. The zero-order chi connectivity index (χ0) is 15.6. The number of benzene rings is 2. The van der Waals surface area contributed by atoms with Gasteiger partial charge in [0, 0.05) is 4.47 Å². The summed E-state index contributed by atoms with van der Waals surface area (Å²) in [7, 11) is 0. The number of carbonyl (C=O) groups is 1. The molecule has 0 aliphatic heterocycles. The van der Waals surface area contributed by atoms with Gasteiger partial charge in [0.2, 0.25) is 0 Å². The van der Waals surface area contributed by atoms with E-state index in [1.807, 2.05) is 0 Å². The summed E-state index contributed by atoms with van der Waals surface area (Å²) in [5, 5.41) is 19.8. The van der Waals surface area contributed by atoms with E-state index in [1.54, 1.807) is 18.2 Å². The molecule has 0 fully saturated rings. The molecule has 0 saturated carbocycles. The van der Waals surface area contributed by atoms with Crippen LogP contribution in [0.3, 0.4) is 0 Å². The molecule has 1 N–H and O–H groups in total. The van der Waals surface area contributed by atoms with Crippen molar-refractivity contribution in [3.8, 4) is 11.5 Å². The number of aromatic carboxylic acids is 1. The number of nitro benzene ring substituents is 1. The maximum atomic E-state index is 10.9. The molecule has 0 saturated heterocycles. The van der Waals surface area contributed by atoms with Crippen molar-refractivity contribution in [1.82, 2.24) is 0 Å². The number of nitrogens with zero attached hydrogens (tertiary/aromatic N) is 1. The van der Waals surface area contributed by atoms with Gasteiger partial charge in [-0.2, -0.15) is 0 Å².